The second-order valence-corrected chi connectivity index (χ2v) is 11.3. The monoisotopic (exact) mass is 449 g/mol. The number of carbonyl (C=O) groups excluding carboxylic acids is 1. The van der Waals surface area contributed by atoms with Crippen molar-refractivity contribution >= 4 is 37.3 Å². The zero-order valence-electron chi connectivity index (χ0n) is 16.9. The van der Waals surface area contributed by atoms with Crippen LogP contribution in [0.1, 0.15) is 31.9 Å². The van der Waals surface area contributed by atoms with Gasteiger partial charge >= 0.3 is 0 Å². The molecule has 2 N–H and O–H groups in total. The summed E-state index contributed by atoms with van der Waals surface area (Å²) in [5.41, 5.74) is 2.63. The van der Waals surface area contributed by atoms with E-state index in [1.165, 1.54) is 35.5 Å². The summed E-state index contributed by atoms with van der Waals surface area (Å²) < 4.78 is 51.6. The fraction of sp³-hybridized carbons (Fsp3) is 0.350. The molecular weight excluding hydrogens is 426 g/mol. The number of rotatable bonds is 3. The van der Waals surface area contributed by atoms with Gasteiger partial charge in [0.1, 0.15) is 0 Å². The Bertz CT molecular complexity index is 1270. The number of nitrogens with zero attached hydrogens (tertiary/aromatic N) is 2. The average molecular weight is 450 g/mol. The summed E-state index contributed by atoms with van der Waals surface area (Å²) in [5.74, 6) is -0.0791. The minimum atomic E-state index is -3.88. The Morgan fingerprint density at radius 1 is 0.900 bits per heavy atom. The van der Waals surface area contributed by atoms with Crippen molar-refractivity contribution in [2.75, 3.05) is 9.21 Å². The molecule has 0 saturated carbocycles. The Hall–Kier alpha value is -2.43. The van der Waals surface area contributed by atoms with E-state index in [9.17, 15) is 21.6 Å². The van der Waals surface area contributed by atoms with Crippen LogP contribution in [0.5, 0.6) is 0 Å². The lowest BCUT2D eigenvalue weighted by Gasteiger charge is -2.25. The van der Waals surface area contributed by atoms with Crippen LogP contribution in [-0.2, 0) is 37.7 Å². The molecule has 1 amide bonds. The van der Waals surface area contributed by atoms with Crippen LogP contribution in [0.25, 0.3) is 0 Å². The summed E-state index contributed by atoms with van der Waals surface area (Å²) in [4.78, 5) is 13.7. The lowest BCUT2D eigenvalue weighted by Crippen LogP contribution is -2.35. The average Bonchev–Trinajstić information content (AvgIpc) is 3.14. The number of benzene rings is 2. The molecule has 0 aromatic heterocycles. The highest BCUT2D eigenvalue weighted by atomic mass is 32.2. The van der Waals surface area contributed by atoms with E-state index < -0.39 is 20.0 Å². The third-order valence-corrected chi connectivity index (χ3v) is 8.53. The maximum atomic E-state index is 13.5. The number of nitrogens with two attached hydrogens (primary N) is 1. The number of fused-ring (bicyclic) bond motifs is 2. The third kappa shape index (κ3) is 3.19. The van der Waals surface area contributed by atoms with Crippen LogP contribution in [0.3, 0.4) is 0 Å². The Morgan fingerprint density at radius 3 is 2.07 bits per heavy atom. The molecule has 0 unspecified atom stereocenters. The molecule has 2 heterocycles. The van der Waals surface area contributed by atoms with Gasteiger partial charge in [-0.2, -0.15) is 0 Å². The second kappa shape index (κ2) is 6.79. The molecule has 30 heavy (non-hydrogen) atoms. The van der Waals surface area contributed by atoms with E-state index in [1.54, 1.807) is 24.0 Å². The van der Waals surface area contributed by atoms with Gasteiger partial charge in [0, 0.05) is 24.7 Å². The normalized spacial score (nSPS) is 20.9. The molecule has 0 radical (unpaired) electrons. The highest BCUT2D eigenvalue weighted by molar-refractivity contribution is 7.93. The van der Waals surface area contributed by atoms with Crippen molar-refractivity contribution in [3.05, 3.63) is 47.5 Å². The third-order valence-electron chi connectivity index (χ3n) is 5.70. The van der Waals surface area contributed by atoms with E-state index in [4.69, 9.17) is 5.14 Å². The lowest BCUT2D eigenvalue weighted by molar-refractivity contribution is -0.116. The van der Waals surface area contributed by atoms with Gasteiger partial charge in [-0.15, -0.1) is 0 Å². The van der Waals surface area contributed by atoms with E-state index in [2.05, 4.69) is 0 Å². The number of hydrogen-bond acceptors (Lipinski definition) is 5. The fourth-order valence-corrected chi connectivity index (χ4v) is 6.79. The van der Waals surface area contributed by atoms with Crippen LogP contribution in [0, 0.1) is 0 Å². The molecule has 0 spiro atoms. The minimum Gasteiger partial charge on any atom is -0.309 e. The molecule has 2 aliphatic heterocycles. The first-order chi connectivity index (χ1) is 13.9. The molecule has 2 aromatic rings. The maximum absolute atomic E-state index is 13.5. The van der Waals surface area contributed by atoms with Crippen molar-refractivity contribution in [1.29, 1.82) is 0 Å². The molecule has 0 aliphatic carbocycles. The first-order valence-electron chi connectivity index (χ1n) is 9.54. The van der Waals surface area contributed by atoms with E-state index in [0.717, 1.165) is 11.3 Å². The first-order valence-corrected chi connectivity index (χ1v) is 12.5. The van der Waals surface area contributed by atoms with Crippen molar-refractivity contribution in [3.63, 3.8) is 0 Å². The van der Waals surface area contributed by atoms with Gasteiger partial charge in [-0.05, 0) is 74.2 Å². The largest absolute Gasteiger partial charge is 0.309 e. The van der Waals surface area contributed by atoms with E-state index in [1.807, 2.05) is 6.92 Å². The number of amides is 1. The number of primary sulfonamides is 1. The summed E-state index contributed by atoms with van der Waals surface area (Å²) in [7, 11) is -7.75. The van der Waals surface area contributed by atoms with Gasteiger partial charge in [0.25, 0.3) is 10.0 Å². The van der Waals surface area contributed by atoms with Crippen molar-refractivity contribution in [2.24, 2.45) is 5.14 Å². The fourth-order valence-electron chi connectivity index (χ4n) is 4.48. The summed E-state index contributed by atoms with van der Waals surface area (Å²) in [5, 5.41) is 5.21. The smallest absolute Gasteiger partial charge is 0.264 e. The lowest BCUT2D eigenvalue weighted by atomic mass is 10.1. The Morgan fingerprint density at radius 2 is 1.43 bits per heavy atom. The van der Waals surface area contributed by atoms with Crippen molar-refractivity contribution in [3.8, 4) is 0 Å². The van der Waals surface area contributed by atoms with Crippen LogP contribution >= 0.6 is 0 Å². The molecule has 0 bridgehead atoms. The van der Waals surface area contributed by atoms with Gasteiger partial charge in [-0.3, -0.25) is 9.10 Å². The molecule has 2 aliphatic rings. The van der Waals surface area contributed by atoms with Gasteiger partial charge in [0.05, 0.1) is 15.5 Å². The molecule has 4 rings (SSSR count). The summed E-state index contributed by atoms with van der Waals surface area (Å²) in [6.07, 6.45) is 0.972. The van der Waals surface area contributed by atoms with Gasteiger partial charge in [-0.1, -0.05) is 0 Å². The van der Waals surface area contributed by atoms with Crippen LogP contribution in [-0.4, -0.2) is 34.8 Å². The zero-order valence-corrected chi connectivity index (χ0v) is 18.5. The quantitative estimate of drug-likeness (QED) is 0.766. The standard InChI is InChI=1S/C20H23N3O5S2/c1-12-8-15-11-18(5-6-19(15)22(12)14(3)24)30(27,28)23-13(2)9-16-10-17(29(21,25)26)4-7-20(16)23/h4-7,10-13H,8-9H2,1-3H3,(H2,21,25,26)/t12-,13-/m1/s1. The number of carbonyl (C=O) groups is 1. The maximum Gasteiger partial charge on any atom is 0.264 e. The highest BCUT2D eigenvalue weighted by Gasteiger charge is 2.38. The molecule has 2 aromatic carbocycles. The van der Waals surface area contributed by atoms with Gasteiger partial charge < -0.3 is 4.90 Å². The van der Waals surface area contributed by atoms with Crippen molar-refractivity contribution < 1.29 is 21.6 Å². The zero-order chi connectivity index (χ0) is 22.0. The predicted molar refractivity (Wildman–Crippen MR) is 113 cm³/mol. The van der Waals surface area contributed by atoms with Gasteiger partial charge in [-0.25, -0.2) is 22.0 Å². The Balaban J connectivity index is 1.76. The Labute approximate surface area is 176 Å². The van der Waals surface area contributed by atoms with Gasteiger partial charge in [0.2, 0.25) is 15.9 Å². The summed E-state index contributed by atoms with van der Waals surface area (Å²) in [6.45, 7) is 5.20. The SMILES string of the molecule is CC(=O)N1c2ccc(S(=O)(=O)N3c4ccc(S(N)(=O)=O)cc4C[C@H]3C)cc2C[C@H]1C. The summed E-state index contributed by atoms with van der Waals surface area (Å²) >= 11 is 0. The predicted octanol–water partition coefficient (Wildman–Crippen LogP) is 1.77. The number of sulfonamides is 2. The molecule has 160 valence electrons. The summed E-state index contributed by atoms with van der Waals surface area (Å²) in [6, 6.07) is 8.68. The second-order valence-electron chi connectivity index (χ2n) is 7.92. The number of anilines is 2. The van der Waals surface area contributed by atoms with Crippen LogP contribution in [0.2, 0.25) is 0 Å². The molecule has 10 heteroatoms. The van der Waals surface area contributed by atoms with Crippen molar-refractivity contribution in [1.82, 2.24) is 0 Å². The van der Waals surface area contributed by atoms with Gasteiger partial charge in [0.15, 0.2) is 0 Å². The Kier molecular flexibility index (Phi) is 4.72. The van der Waals surface area contributed by atoms with Crippen LogP contribution < -0.4 is 14.3 Å². The van der Waals surface area contributed by atoms with Crippen LogP contribution in [0.15, 0.2) is 46.2 Å². The molecule has 0 fully saturated rings. The minimum absolute atomic E-state index is 0.0291. The molecule has 8 nitrogen and oxygen atoms in total. The number of hydrogen-bond donors (Lipinski definition) is 1. The van der Waals surface area contributed by atoms with E-state index in [0.29, 0.717) is 24.1 Å². The highest BCUT2D eigenvalue weighted by Crippen LogP contribution is 2.40. The molecule has 0 saturated heterocycles. The van der Waals surface area contributed by atoms with Crippen LogP contribution in [0.4, 0.5) is 11.4 Å². The topological polar surface area (TPSA) is 118 Å². The molecule has 2 atom stereocenters. The first kappa shape index (κ1) is 20.8. The van der Waals surface area contributed by atoms with E-state index >= 15 is 0 Å². The molecular formula is C20H23N3O5S2. The van der Waals surface area contributed by atoms with Crippen molar-refractivity contribution in [2.45, 2.75) is 55.5 Å². The van der Waals surface area contributed by atoms with E-state index in [-0.39, 0.29) is 27.8 Å².